The zero-order valence-corrected chi connectivity index (χ0v) is 16.3. The molecule has 1 amide bonds. The molecule has 0 aromatic carbocycles. The minimum atomic E-state index is -0.0892. The van der Waals surface area contributed by atoms with Gasteiger partial charge in [0.05, 0.1) is 0 Å². The number of likely N-dealkylation sites (N-methyl/N-ethyl adjacent to an activating group) is 1. The number of hydrogen-bond acceptors (Lipinski definition) is 6. The molecule has 1 atom stereocenters. The maximum absolute atomic E-state index is 12.2. The van der Waals surface area contributed by atoms with Crippen molar-refractivity contribution in [3.63, 3.8) is 0 Å². The summed E-state index contributed by atoms with van der Waals surface area (Å²) >= 11 is 0. The summed E-state index contributed by atoms with van der Waals surface area (Å²) in [6.45, 7) is 3.58. The van der Waals surface area contributed by atoms with E-state index in [2.05, 4.69) is 20.1 Å². The fourth-order valence-electron chi connectivity index (χ4n) is 4.19. The lowest BCUT2D eigenvalue weighted by atomic mass is 9.95. The van der Waals surface area contributed by atoms with Gasteiger partial charge in [-0.2, -0.15) is 5.10 Å². The Balaban J connectivity index is 1.33. The Labute approximate surface area is 164 Å². The van der Waals surface area contributed by atoms with Crippen LogP contribution in [0.5, 0.6) is 0 Å². The molecule has 2 saturated heterocycles. The standard InChI is InChI=1S/C19H27N7O2/c1-23-16(3-2-4-18(23)27)12-24-9-7-15(8-10-24)11-25-19(28)6-5-17(22-25)26-14-20-13-21-26/h5-6,13-16H,2-4,7-12H2,1H3. The molecule has 1 unspecified atom stereocenters. The highest BCUT2D eigenvalue weighted by atomic mass is 16.2. The average Bonchev–Trinajstić information content (AvgIpc) is 3.23. The number of carbonyl (C=O) groups is 1. The highest BCUT2D eigenvalue weighted by molar-refractivity contribution is 5.76. The number of amides is 1. The fourth-order valence-corrected chi connectivity index (χ4v) is 4.19. The van der Waals surface area contributed by atoms with Crippen LogP contribution in [0.15, 0.2) is 29.6 Å². The van der Waals surface area contributed by atoms with E-state index in [0.29, 0.717) is 30.7 Å². The number of likely N-dealkylation sites (tertiary alicyclic amines) is 2. The third-order valence-corrected chi connectivity index (χ3v) is 5.98. The molecule has 2 aliphatic rings. The van der Waals surface area contributed by atoms with Crippen LogP contribution in [0.3, 0.4) is 0 Å². The largest absolute Gasteiger partial charge is 0.341 e. The lowest BCUT2D eigenvalue weighted by Gasteiger charge is -2.39. The molecule has 2 fully saturated rings. The van der Waals surface area contributed by atoms with E-state index in [9.17, 15) is 9.59 Å². The highest BCUT2D eigenvalue weighted by Crippen LogP contribution is 2.22. The first-order valence-electron chi connectivity index (χ1n) is 10.0. The summed E-state index contributed by atoms with van der Waals surface area (Å²) in [6, 6.07) is 3.54. The van der Waals surface area contributed by atoms with E-state index in [1.54, 1.807) is 21.8 Å². The molecule has 0 N–H and O–H groups in total. The minimum absolute atomic E-state index is 0.0892. The van der Waals surface area contributed by atoms with Crippen molar-refractivity contribution in [1.29, 1.82) is 0 Å². The van der Waals surface area contributed by atoms with Crippen LogP contribution in [0.1, 0.15) is 32.1 Å². The maximum atomic E-state index is 12.2. The second-order valence-electron chi connectivity index (χ2n) is 7.85. The molecule has 0 bridgehead atoms. The summed E-state index contributed by atoms with van der Waals surface area (Å²) in [4.78, 5) is 32.4. The Kier molecular flexibility index (Phi) is 5.52. The van der Waals surface area contributed by atoms with E-state index in [0.717, 1.165) is 45.3 Å². The highest BCUT2D eigenvalue weighted by Gasteiger charge is 2.28. The number of hydrogen-bond donors (Lipinski definition) is 0. The molecule has 2 aromatic rings. The Bertz CT molecular complexity index is 855. The number of nitrogens with zero attached hydrogens (tertiary/aromatic N) is 7. The lowest BCUT2D eigenvalue weighted by Crippen LogP contribution is -2.49. The molecule has 28 heavy (non-hydrogen) atoms. The van der Waals surface area contributed by atoms with Gasteiger partial charge in [-0.25, -0.2) is 14.3 Å². The van der Waals surface area contributed by atoms with Crippen LogP contribution in [0.25, 0.3) is 5.82 Å². The smallest absolute Gasteiger partial charge is 0.266 e. The van der Waals surface area contributed by atoms with Crippen molar-refractivity contribution >= 4 is 5.91 Å². The molecule has 150 valence electrons. The van der Waals surface area contributed by atoms with Gasteiger partial charge >= 0.3 is 0 Å². The molecule has 9 nitrogen and oxygen atoms in total. The van der Waals surface area contributed by atoms with Crippen LogP contribution < -0.4 is 5.56 Å². The normalized spacial score (nSPS) is 22.0. The first kappa shape index (κ1) is 18.8. The van der Waals surface area contributed by atoms with Crippen molar-refractivity contribution < 1.29 is 4.79 Å². The molecule has 0 radical (unpaired) electrons. The van der Waals surface area contributed by atoms with Gasteiger partial charge in [0.25, 0.3) is 5.56 Å². The third-order valence-electron chi connectivity index (χ3n) is 5.98. The van der Waals surface area contributed by atoms with Crippen molar-refractivity contribution in [1.82, 2.24) is 34.3 Å². The topological polar surface area (TPSA) is 89.2 Å². The van der Waals surface area contributed by atoms with Gasteiger partial charge in [-0.15, -0.1) is 5.10 Å². The van der Waals surface area contributed by atoms with Gasteiger partial charge in [0.1, 0.15) is 12.7 Å². The van der Waals surface area contributed by atoms with Gasteiger partial charge in [-0.1, -0.05) is 0 Å². The van der Waals surface area contributed by atoms with Gasteiger partial charge in [0.2, 0.25) is 5.91 Å². The monoisotopic (exact) mass is 385 g/mol. The van der Waals surface area contributed by atoms with E-state index in [1.807, 2.05) is 11.9 Å². The number of rotatable bonds is 5. The van der Waals surface area contributed by atoms with Gasteiger partial charge in [0, 0.05) is 38.7 Å². The van der Waals surface area contributed by atoms with Crippen LogP contribution in [0.4, 0.5) is 0 Å². The molecule has 2 aliphatic heterocycles. The lowest BCUT2D eigenvalue weighted by molar-refractivity contribution is -0.135. The average molecular weight is 385 g/mol. The van der Waals surface area contributed by atoms with Crippen LogP contribution in [0.2, 0.25) is 0 Å². The van der Waals surface area contributed by atoms with Gasteiger partial charge in [-0.3, -0.25) is 9.59 Å². The van der Waals surface area contributed by atoms with E-state index in [-0.39, 0.29) is 11.5 Å². The molecule has 4 rings (SSSR count). The molecule has 0 spiro atoms. The van der Waals surface area contributed by atoms with Crippen molar-refractivity contribution in [2.75, 3.05) is 26.7 Å². The Morgan fingerprint density at radius 3 is 2.68 bits per heavy atom. The molecule has 0 saturated carbocycles. The van der Waals surface area contributed by atoms with Crippen molar-refractivity contribution in [3.05, 3.63) is 35.1 Å². The number of carbonyl (C=O) groups excluding carboxylic acids is 1. The number of aromatic nitrogens is 5. The summed E-state index contributed by atoms with van der Waals surface area (Å²) in [5.41, 5.74) is -0.0892. The van der Waals surface area contributed by atoms with E-state index in [4.69, 9.17) is 0 Å². The van der Waals surface area contributed by atoms with Gasteiger partial charge < -0.3 is 9.80 Å². The van der Waals surface area contributed by atoms with Crippen LogP contribution in [-0.2, 0) is 11.3 Å². The van der Waals surface area contributed by atoms with Gasteiger partial charge in [0.15, 0.2) is 5.82 Å². The van der Waals surface area contributed by atoms with Crippen molar-refractivity contribution in [2.45, 2.75) is 44.7 Å². The predicted molar refractivity (Wildman–Crippen MR) is 103 cm³/mol. The Hall–Kier alpha value is -2.55. The summed E-state index contributed by atoms with van der Waals surface area (Å²) in [6.07, 6.45) is 7.87. The van der Waals surface area contributed by atoms with E-state index >= 15 is 0 Å². The van der Waals surface area contributed by atoms with Gasteiger partial charge in [-0.05, 0) is 50.8 Å². The fraction of sp³-hybridized carbons (Fsp3) is 0.632. The SMILES string of the molecule is CN1C(=O)CCCC1CN1CCC(Cn2nc(-n3cncn3)ccc2=O)CC1. The molecular weight excluding hydrogens is 358 g/mol. The maximum Gasteiger partial charge on any atom is 0.266 e. The number of piperidine rings is 2. The first-order valence-corrected chi connectivity index (χ1v) is 10.0. The van der Waals surface area contributed by atoms with Crippen LogP contribution in [0, 0.1) is 5.92 Å². The second-order valence-corrected chi connectivity index (χ2v) is 7.85. The van der Waals surface area contributed by atoms with Crippen molar-refractivity contribution in [2.24, 2.45) is 5.92 Å². The molecule has 9 heteroatoms. The second kappa shape index (κ2) is 8.22. The van der Waals surface area contributed by atoms with E-state index < -0.39 is 0 Å². The van der Waals surface area contributed by atoms with Crippen molar-refractivity contribution in [3.8, 4) is 5.82 Å². The Morgan fingerprint density at radius 2 is 1.93 bits per heavy atom. The summed E-state index contributed by atoms with van der Waals surface area (Å²) < 4.78 is 3.10. The molecule has 2 aromatic heterocycles. The molecule has 0 aliphatic carbocycles. The Morgan fingerprint density at radius 1 is 1.11 bits per heavy atom. The zero-order chi connectivity index (χ0) is 19.5. The van der Waals surface area contributed by atoms with Crippen LogP contribution >= 0.6 is 0 Å². The molecular formula is C19H27N7O2. The summed E-state index contributed by atoms with van der Waals surface area (Å²) in [5, 5.41) is 8.52. The minimum Gasteiger partial charge on any atom is -0.341 e. The zero-order valence-electron chi connectivity index (χ0n) is 16.3. The summed E-state index contributed by atoms with van der Waals surface area (Å²) in [7, 11) is 1.93. The van der Waals surface area contributed by atoms with Crippen LogP contribution in [-0.4, -0.2) is 73.0 Å². The molecule has 4 heterocycles. The first-order chi connectivity index (χ1) is 13.6. The third kappa shape index (κ3) is 4.14. The quantitative estimate of drug-likeness (QED) is 0.747. The van der Waals surface area contributed by atoms with E-state index in [1.165, 1.54) is 12.4 Å². The predicted octanol–water partition coefficient (Wildman–Crippen LogP) is 0.547. The summed E-state index contributed by atoms with van der Waals surface area (Å²) in [5.74, 6) is 1.29.